The number of ether oxygens (including phenoxy) is 2. The van der Waals surface area contributed by atoms with Crippen LogP contribution in [0, 0.1) is 6.92 Å². The lowest BCUT2D eigenvalue weighted by molar-refractivity contribution is -0.152. The number of carboxylic acid groups (broad SMARTS) is 1. The summed E-state index contributed by atoms with van der Waals surface area (Å²) in [5, 5.41) is 10.2. The molecule has 1 heterocycles. The number of aliphatic carboxylic acids is 1. The maximum atomic E-state index is 11.3. The molecule has 5 nitrogen and oxygen atoms in total. The Morgan fingerprint density at radius 1 is 1.08 bits per heavy atom. The Morgan fingerprint density at radius 3 is 2.32 bits per heavy atom. The minimum atomic E-state index is -1.29. The van der Waals surface area contributed by atoms with Gasteiger partial charge in [0.2, 0.25) is 0 Å². The van der Waals surface area contributed by atoms with Gasteiger partial charge in [0.25, 0.3) is 0 Å². The van der Waals surface area contributed by atoms with Crippen molar-refractivity contribution in [3.63, 3.8) is 0 Å². The van der Waals surface area contributed by atoms with Crippen molar-refractivity contribution in [3.8, 4) is 22.6 Å². The van der Waals surface area contributed by atoms with Crippen LogP contribution in [0.25, 0.3) is 22.0 Å². The molecule has 0 fully saturated rings. The molecule has 130 valence electrons. The molecule has 0 spiro atoms. The number of hydrogen-bond donors (Lipinski definition) is 2. The Balaban J connectivity index is 2.08. The third kappa shape index (κ3) is 3.18. The van der Waals surface area contributed by atoms with Crippen LogP contribution < -0.4 is 9.47 Å². The summed E-state index contributed by atoms with van der Waals surface area (Å²) in [6.45, 7) is 5.08. The van der Waals surface area contributed by atoms with Gasteiger partial charge in [-0.1, -0.05) is 12.1 Å². The van der Waals surface area contributed by atoms with Gasteiger partial charge in [-0.05, 0) is 56.7 Å². The highest BCUT2D eigenvalue weighted by Gasteiger charge is 2.29. The van der Waals surface area contributed by atoms with Crippen molar-refractivity contribution in [2.24, 2.45) is 0 Å². The summed E-state index contributed by atoms with van der Waals surface area (Å²) in [5.41, 5.74) is 2.84. The van der Waals surface area contributed by atoms with Crippen LogP contribution in [0.1, 0.15) is 19.5 Å². The predicted molar refractivity (Wildman–Crippen MR) is 97.4 cm³/mol. The molecule has 2 N–H and O–H groups in total. The summed E-state index contributed by atoms with van der Waals surface area (Å²) in [6.07, 6.45) is 0. The molecule has 0 atom stereocenters. The summed E-state index contributed by atoms with van der Waals surface area (Å²) >= 11 is 0. The standard InChI is InChI=1S/C20H21NO4/c1-12-18(13-5-7-14(24-4)8-6-13)16-11-15(9-10-17(16)21-12)25-20(2,3)19(22)23/h5-11,21H,1-4H3,(H,22,23). The van der Waals surface area contributed by atoms with Gasteiger partial charge in [-0.3, -0.25) is 0 Å². The van der Waals surface area contributed by atoms with E-state index >= 15 is 0 Å². The van der Waals surface area contributed by atoms with Gasteiger partial charge in [-0.15, -0.1) is 0 Å². The van der Waals surface area contributed by atoms with Crippen molar-refractivity contribution in [2.75, 3.05) is 7.11 Å². The number of methoxy groups -OCH3 is 1. The van der Waals surface area contributed by atoms with Gasteiger partial charge < -0.3 is 19.6 Å². The maximum Gasteiger partial charge on any atom is 0.347 e. The van der Waals surface area contributed by atoms with Crippen molar-refractivity contribution in [1.29, 1.82) is 0 Å². The molecule has 2 aromatic carbocycles. The number of aromatic amines is 1. The molecule has 25 heavy (non-hydrogen) atoms. The predicted octanol–water partition coefficient (Wildman–Crippen LogP) is 4.39. The van der Waals surface area contributed by atoms with Gasteiger partial charge >= 0.3 is 5.97 Å². The van der Waals surface area contributed by atoms with E-state index in [1.54, 1.807) is 13.2 Å². The number of nitrogens with one attached hydrogen (secondary N) is 1. The molecule has 0 amide bonds. The van der Waals surface area contributed by atoms with Gasteiger partial charge in [0, 0.05) is 22.2 Å². The minimum Gasteiger partial charge on any atom is -0.497 e. The Hall–Kier alpha value is -2.95. The van der Waals surface area contributed by atoms with Crippen molar-refractivity contribution >= 4 is 16.9 Å². The smallest absolute Gasteiger partial charge is 0.347 e. The summed E-state index contributed by atoms with van der Waals surface area (Å²) in [4.78, 5) is 14.7. The van der Waals surface area contributed by atoms with E-state index in [4.69, 9.17) is 9.47 Å². The first kappa shape index (κ1) is 16.9. The summed E-state index contributed by atoms with van der Waals surface area (Å²) in [5.74, 6) is 0.315. The van der Waals surface area contributed by atoms with Crippen LogP contribution >= 0.6 is 0 Å². The number of carbonyl (C=O) groups is 1. The summed E-state index contributed by atoms with van der Waals surface area (Å²) in [7, 11) is 1.64. The lowest BCUT2D eigenvalue weighted by Crippen LogP contribution is -2.37. The monoisotopic (exact) mass is 339 g/mol. The van der Waals surface area contributed by atoms with Crippen molar-refractivity contribution in [2.45, 2.75) is 26.4 Å². The molecule has 3 aromatic rings. The fourth-order valence-corrected chi connectivity index (χ4v) is 2.84. The summed E-state index contributed by atoms with van der Waals surface area (Å²) in [6, 6.07) is 13.4. The zero-order chi connectivity index (χ0) is 18.2. The van der Waals surface area contributed by atoms with Gasteiger partial charge in [-0.25, -0.2) is 4.79 Å². The van der Waals surface area contributed by atoms with E-state index < -0.39 is 11.6 Å². The molecule has 0 saturated carbocycles. The Morgan fingerprint density at radius 2 is 1.72 bits per heavy atom. The van der Waals surface area contributed by atoms with E-state index in [2.05, 4.69) is 4.98 Å². The normalized spacial score (nSPS) is 11.5. The highest BCUT2D eigenvalue weighted by molar-refractivity contribution is 5.98. The molecule has 0 unspecified atom stereocenters. The van der Waals surface area contributed by atoms with Crippen LogP contribution in [0.2, 0.25) is 0 Å². The van der Waals surface area contributed by atoms with E-state index in [1.807, 2.05) is 43.3 Å². The van der Waals surface area contributed by atoms with Crippen molar-refractivity contribution < 1.29 is 19.4 Å². The molecule has 5 heteroatoms. The fourth-order valence-electron chi connectivity index (χ4n) is 2.84. The third-order valence-corrected chi connectivity index (χ3v) is 4.22. The second kappa shape index (κ2) is 6.16. The average Bonchev–Trinajstić information content (AvgIpc) is 2.89. The molecule has 3 rings (SSSR count). The van der Waals surface area contributed by atoms with Crippen LogP contribution in [0.15, 0.2) is 42.5 Å². The van der Waals surface area contributed by atoms with Crippen molar-refractivity contribution in [3.05, 3.63) is 48.2 Å². The highest BCUT2D eigenvalue weighted by atomic mass is 16.5. The first-order chi connectivity index (χ1) is 11.8. The van der Waals surface area contributed by atoms with E-state index in [9.17, 15) is 9.90 Å². The van der Waals surface area contributed by atoms with E-state index in [1.165, 1.54) is 13.8 Å². The molecule has 0 aliphatic rings. The number of carboxylic acids is 1. The number of aryl methyl sites for hydroxylation is 1. The SMILES string of the molecule is COc1ccc(-c2c(C)[nH]c3ccc(OC(C)(C)C(=O)O)cc23)cc1. The average molecular weight is 339 g/mol. The fraction of sp³-hybridized carbons (Fsp3) is 0.250. The largest absolute Gasteiger partial charge is 0.497 e. The molecular weight excluding hydrogens is 318 g/mol. The molecule has 0 radical (unpaired) electrons. The van der Waals surface area contributed by atoms with Crippen LogP contribution in [0.4, 0.5) is 0 Å². The Kier molecular flexibility index (Phi) is 4.17. The second-order valence-corrected chi connectivity index (χ2v) is 6.48. The quantitative estimate of drug-likeness (QED) is 0.723. The molecule has 0 aliphatic heterocycles. The zero-order valence-electron chi connectivity index (χ0n) is 14.7. The number of benzene rings is 2. The number of H-pyrrole nitrogens is 1. The molecule has 0 aliphatic carbocycles. The Bertz CT molecular complexity index is 923. The molecule has 0 saturated heterocycles. The molecule has 1 aromatic heterocycles. The number of rotatable bonds is 5. The van der Waals surface area contributed by atoms with Crippen LogP contribution in [0.3, 0.4) is 0 Å². The lowest BCUT2D eigenvalue weighted by Gasteiger charge is -2.21. The highest BCUT2D eigenvalue weighted by Crippen LogP contribution is 2.35. The van der Waals surface area contributed by atoms with E-state index in [0.717, 1.165) is 33.5 Å². The lowest BCUT2D eigenvalue weighted by atomic mass is 10.0. The van der Waals surface area contributed by atoms with Crippen LogP contribution in [0.5, 0.6) is 11.5 Å². The number of aromatic nitrogens is 1. The zero-order valence-corrected chi connectivity index (χ0v) is 14.7. The van der Waals surface area contributed by atoms with Gasteiger partial charge in [0.15, 0.2) is 5.60 Å². The third-order valence-electron chi connectivity index (χ3n) is 4.22. The van der Waals surface area contributed by atoms with E-state index in [0.29, 0.717) is 5.75 Å². The number of fused-ring (bicyclic) bond motifs is 1. The topological polar surface area (TPSA) is 71.5 Å². The number of hydrogen-bond acceptors (Lipinski definition) is 3. The van der Waals surface area contributed by atoms with E-state index in [-0.39, 0.29) is 0 Å². The van der Waals surface area contributed by atoms with Crippen molar-refractivity contribution in [1.82, 2.24) is 4.98 Å². The first-order valence-corrected chi connectivity index (χ1v) is 8.01. The molecular formula is C20H21NO4. The first-order valence-electron chi connectivity index (χ1n) is 8.01. The van der Waals surface area contributed by atoms with Crippen LogP contribution in [-0.4, -0.2) is 28.8 Å². The summed E-state index contributed by atoms with van der Waals surface area (Å²) < 4.78 is 10.9. The Labute approximate surface area is 146 Å². The van der Waals surface area contributed by atoms with Gasteiger partial charge in [0.05, 0.1) is 7.11 Å². The maximum absolute atomic E-state index is 11.3. The van der Waals surface area contributed by atoms with Gasteiger partial charge in [0.1, 0.15) is 11.5 Å². The molecule has 0 bridgehead atoms. The second-order valence-electron chi connectivity index (χ2n) is 6.48. The van der Waals surface area contributed by atoms with Crippen LogP contribution in [-0.2, 0) is 4.79 Å². The minimum absolute atomic E-state index is 0.522. The van der Waals surface area contributed by atoms with Gasteiger partial charge in [-0.2, -0.15) is 0 Å².